The van der Waals surface area contributed by atoms with Gasteiger partial charge in [0, 0.05) is 12.6 Å². The normalized spacial score (nSPS) is 27.4. The monoisotopic (exact) mass is 330 g/mol. The fraction of sp³-hybridized carbons (Fsp3) is 0.615. The summed E-state index contributed by atoms with van der Waals surface area (Å²) in [6.07, 6.45) is 5.53. The topological polar surface area (TPSA) is 63.4 Å². The van der Waals surface area contributed by atoms with Crippen molar-refractivity contribution in [1.29, 1.82) is 0 Å². The second-order valence-electron chi connectivity index (χ2n) is 5.50. The van der Waals surface area contributed by atoms with Gasteiger partial charge in [0.15, 0.2) is 0 Å². The third kappa shape index (κ3) is 2.41. The van der Waals surface area contributed by atoms with Crippen molar-refractivity contribution in [3.05, 3.63) is 17.0 Å². The van der Waals surface area contributed by atoms with Gasteiger partial charge in [-0.3, -0.25) is 0 Å². The Morgan fingerprint density at radius 1 is 1.30 bits per heavy atom. The van der Waals surface area contributed by atoms with Crippen molar-refractivity contribution in [3.63, 3.8) is 0 Å². The zero-order valence-corrected chi connectivity index (χ0v) is 13.6. The first-order valence-electron chi connectivity index (χ1n) is 6.91. The summed E-state index contributed by atoms with van der Waals surface area (Å²) < 4.78 is 27.6. The van der Waals surface area contributed by atoms with Gasteiger partial charge < -0.3 is 5.73 Å². The SMILES string of the molecule is NC(=S)c1ccc(S(=O)(=O)N2CCC3CCCCC32)s1. The van der Waals surface area contributed by atoms with E-state index in [1.165, 1.54) is 24.2 Å². The van der Waals surface area contributed by atoms with Gasteiger partial charge in [0.1, 0.15) is 9.20 Å². The Balaban J connectivity index is 1.89. The van der Waals surface area contributed by atoms with Gasteiger partial charge in [0.25, 0.3) is 10.0 Å². The number of thiophene rings is 1. The van der Waals surface area contributed by atoms with Crippen molar-refractivity contribution < 1.29 is 8.42 Å². The molecule has 0 bridgehead atoms. The van der Waals surface area contributed by atoms with Gasteiger partial charge in [0.05, 0.1) is 4.88 Å². The minimum Gasteiger partial charge on any atom is -0.389 e. The zero-order valence-electron chi connectivity index (χ0n) is 11.1. The van der Waals surface area contributed by atoms with Gasteiger partial charge in [-0.2, -0.15) is 4.31 Å². The molecule has 3 rings (SSSR count). The molecule has 0 amide bonds. The molecule has 110 valence electrons. The van der Waals surface area contributed by atoms with Crippen molar-refractivity contribution in [2.24, 2.45) is 11.7 Å². The maximum Gasteiger partial charge on any atom is 0.252 e. The van der Waals surface area contributed by atoms with Crippen LogP contribution in [0.1, 0.15) is 37.0 Å². The number of thiocarbonyl (C=S) groups is 1. The second kappa shape index (κ2) is 5.36. The van der Waals surface area contributed by atoms with E-state index in [9.17, 15) is 8.42 Å². The molecule has 1 aromatic rings. The minimum atomic E-state index is -3.39. The molecule has 1 aliphatic heterocycles. The number of hydrogen-bond acceptors (Lipinski definition) is 4. The summed E-state index contributed by atoms with van der Waals surface area (Å²) in [7, 11) is -3.39. The molecule has 0 radical (unpaired) electrons. The highest BCUT2D eigenvalue weighted by molar-refractivity contribution is 7.91. The molecule has 0 spiro atoms. The fourth-order valence-corrected chi connectivity index (χ4v) is 6.58. The Labute approximate surface area is 129 Å². The predicted molar refractivity (Wildman–Crippen MR) is 84.5 cm³/mol. The molecule has 2 N–H and O–H groups in total. The van der Waals surface area contributed by atoms with Crippen LogP contribution in [-0.4, -0.2) is 30.3 Å². The Morgan fingerprint density at radius 3 is 2.75 bits per heavy atom. The third-order valence-electron chi connectivity index (χ3n) is 4.35. The van der Waals surface area contributed by atoms with Crippen LogP contribution in [0.2, 0.25) is 0 Å². The fourth-order valence-electron chi connectivity index (χ4n) is 3.37. The van der Waals surface area contributed by atoms with Crippen LogP contribution in [0.15, 0.2) is 16.3 Å². The molecule has 2 heterocycles. The van der Waals surface area contributed by atoms with Crippen molar-refractivity contribution in [2.75, 3.05) is 6.54 Å². The Morgan fingerprint density at radius 2 is 2.05 bits per heavy atom. The van der Waals surface area contributed by atoms with Gasteiger partial charge in [-0.25, -0.2) is 8.42 Å². The van der Waals surface area contributed by atoms with Crippen molar-refractivity contribution >= 4 is 38.6 Å². The first-order valence-corrected chi connectivity index (χ1v) is 9.58. The van der Waals surface area contributed by atoms with E-state index in [0.717, 1.165) is 19.3 Å². The van der Waals surface area contributed by atoms with E-state index in [2.05, 4.69) is 0 Å². The summed E-state index contributed by atoms with van der Waals surface area (Å²) in [5, 5.41) is 0. The van der Waals surface area contributed by atoms with E-state index in [1.807, 2.05) is 0 Å². The molecule has 1 saturated heterocycles. The van der Waals surface area contributed by atoms with Gasteiger partial charge in [-0.15, -0.1) is 11.3 Å². The summed E-state index contributed by atoms with van der Waals surface area (Å²) in [4.78, 5) is 0.923. The molecule has 2 fully saturated rings. The number of fused-ring (bicyclic) bond motifs is 1. The summed E-state index contributed by atoms with van der Waals surface area (Å²) in [5.41, 5.74) is 5.56. The van der Waals surface area contributed by atoms with Crippen molar-refractivity contribution in [1.82, 2.24) is 4.31 Å². The van der Waals surface area contributed by atoms with E-state index in [-0.39, 0.29) is 11.0 Å². The predicted octanol–water partition coefficient (Wildman–Crippen LogP) is 2.34. The van der Waals surface area contributed by atoms with Crippen LogP contribution in [0.25, 0.3) is 0 Å². The van der Waals surface area contributed by atoms with Crippen LogP contribution in [-0.2, 0) is 10.0 Å². The Hall–Kier alpha value is -0.500. The highest BCUT2D eigenvalue weighted by atomic mass is 32.2. The lowest BCUT2D eigenvalue weighted by atomic mass is 9.86. The smallest absolute Gasteiger partial charge is 0.252 e. The number of nitrogens with zero attached hydrogens (tertiary/aromatic N) is 1. The summed E-state index contributed by atoms with van der Waals surface area (Å²) >= 11 is 6.08. The van der Waals surface area contributed by atoms with E-state index in [1.54, 1.807) is 16.4 Å². The molecular formula is C13H18N2O2S3. The lowest BCUT2D eigenvalue weighted by molar-refractivity contribution is 0.260. The molecule has 2 aliphatic rings. The third-order valence-corrected chi connectivity index (χ3v) is 8.21. The standard InChI is InChI=1S/C13H18N2O2S3/c14-13(18)11-5-6-12(19-11)20(16,17)15-8-7-9-3-1-2-4-10(9)15/h5-6,9-10H,1-4,7-8H2,(H2,14,18). The highest BCUT2D eigenvalue weighted by Crippen LogP contribution is 2.40. The summed E-state index contributed by atoms with van der Waals surface area (Å²) in [6, 6.07) is 3.53. The van der Waals surface area contributed by atoms with E-state index >= 15 is 0 Å². The highest BCUT2D eigenvalue weighted by Gasteiger charge is 2.42. The molecule has 1 aromatic heterocycles. The zero-order chi connectivity index (χ0) is 14.3. The number of rotatable bonds is 3. The molecule has 20 heavy (non-hydrogen) atoms. The van der Waals surface area contributed by atoms with E-state index in [4.69, 9.17) is 18.0 Å². The Bertz CT molecular complexity index is 623. The first-order chi connectivity index (χ1) is 9.50. The average Bonchev–Trinajstić information content (AvgIpc) is 3.06. The Kier molecular flexibility index (Phi) is 3.87. The van der Waals surface area contributed by atoms with Gasteiger partial charge in [0.2, 0.25) is 0 Å². The maximum atomic E-state index is 12.8. The van der Waals surface area contributed by atoms with E-state index in [0.29, 0.717) is 21.5 Å². The molecular weight excluding hydrogens is 312 g/mol. The van der Waals surface area contributed by atoms with Gasteiger partial charge in [-0.05, 0) is 37.3 Å². The van der Waals surface area contributed by atoms with Crippen LogP contribution >= 0.6 is 23.6 Å². The van der Waals surface area contributed by atoms with Crippen molar-refractivity contribution in [3.8, 4) is 0 Å². The van der Waals surface area contributed by atoms with Crippen LogP contribution in [0.4, 0.5) is 0 Å². The summed E-state index contributed by atoms with van der Waals surface area (Å²) in [5.74, 6) is 0.550. The largest absolute Gasteiger partial charge is 0.389 e. The molecule has 2 unspecified atom stereocenters. The molecule has 1 aliphatic carbocycles. The molecule has 2 atom stereocenters. The van der Waals surface area contributed by atoms with Gasteiger partial charge >= 0.3 is 0 Å². The maximum absolute atomic E-state index is 12.8. The van der Waals surface area contributed by atoms with Crippen LogP contribution in [0, 0.1) is 5.92 Å². The van der Waals surface area contributed by atoms with Crippen LogP contribution in [0.3, 0.4) is 0 Å². The van der Waals surface area contributed by atoms with Gasteiger partial charge in [-0.1, -0.05) is 25.1 Å². The first kappa shape index (κ1) is 14.4. The number of sulfonamides is 1. The molecule has 0 aromatic carbocycles. The van der Waals surface area contributed by atoms with E-state index < -0.39 is 10.0 Å². The average molecular weight is 331 g/mol. The van der Waals surface area contributed by atoms with Crippen LogP contribution < -0.4 is 5.73 Å². The lowest BCUT2D eigenvalue weighted by Gasteiger charge is -2.30. The minimum absolute atomic E-state index is 0.198. The molecule has 1 saturated carbocycles. The quantitative estimate of drug-likeness (QED) is 0.864. The number of hydrogen-bond donors (Lipinski definition) is 1. The lowest BCUT2D eigenvalue weighted by Crippen LogP contribution is -2.38. The molecule has 7 heteroatoms. The van der Waals surface area contributed by atoms with Crippen molar-refractivity contribution in [2.45, 2.75) is 42.4 Å². The summed E-state index contributed by atoms with van der Waals surface area (Å²) in [6.45, 7) is 0.651. The van der Waals surface area contributed by atoms with Crippen LogP contribution in [0.5, 0.6) is 0 Å². The second-order valence-corrected chi connectivity index (χ2v) is 9.14. The number of nitrogens with two attached hydrogens (primary N) is 1. The molecule has 4 nitrogen and oxygen atoms in total.